The van der Waals surface area contributed by atoms with E-state index in [9.17, 15) is 0 Å². The summed E-state index contributed by atoms with van der Waals surface area (Å²) in [5.41, 5.74) is 0.398. The molecule has 2 nitrogen and oxygen atoms in total. The van der Waals surface area contributed by atoms with E-state index in [1.807, 2.05) is 0 Å². The van der Waals surface area contributed by atoms with Crippen LogP contribution in [0, 0.1) is 17.8 Å². The second-order valence-corrected chi connectivity index (χ2v) is 9.09. The van der Waals surface area contributed by atoms with Gasteiger partial charge in [0.25, 0.3) is 0 Å². The third kappa shape index (κ3) is 3.36. The van der Waals surface area contributed by atoms with E-state index in [0.29, 0.717) is 5.54 Å². The van der Waals surface area contributed by atoms with Gasteiger partial charge in [-0.15, -0.1) is 0 Å². The molecule has 3 rings (SSSR count). The van der Waals surface area contributed by atoms with Crippen LogP contribution in [0.2, 0.25) is 0 Å². The Hall–Kier alpha value is 0.270. The number of piperazine rings is 1. The van der Waals surface area contributed by atoms with Crippen LogP contribution in [-0.2, 0) is 0 Å². The lowest BCUT2D eigenvalue weighted by Gasteiger charge is -2.49. The molecule has 2 saturated heterocycles. The predicted molar refractivity (Wildman–Crippen MR) is 89.4 cm³/mol. The maximum Gasteiger partial charge on any atom is 0.0309 e. The van der Waals surface area contributed by atoms with Crippen LogP contribution >= 0.6 is 11.8 Å². The Bertz CT molecular complexity index is 323. The van der Waals surface area contributed by atoms with Gasteiger partial charge in [-0.3, -0.25) is 4.90 Å². The summed E-state index contributed by atoms with van der Waals surface area (Å²) in [5.74, 6) is 5.45. The number of hydrogen-bond donors (Lipinski definition) is 1. The van der Waals surface area contributed by atoms with Gasteiger partial charge in [-0.05, 0) is 61.9 Å². The summed E-state index contributed by atoms with van der Waals surface area (Å²) in [6.07, 6.45) is 5.78. The first-order chi connectivity index (χ1) is 9.58. The fraction of sp³-hybridized carbons (Fsp3) is 1.00. The molecule has 0 aromatic heterocycles. The highest BCUT2D eigenvalue weighted by atomic mass is 32.2. The molecule has 0 bridgehead atoms. The minimum Gasteiger partial charge on any atom is -0.308 e. The van der Waals surface area contributed by atoms with Gasteiger partial charge in [0.05, 0.1) is 0 Å². The normalized spacial score (nSPS) is 37.5. The van der Waals surface area contributed by atoms with Gasteiger partial charge >= 0.3 is 0 Å². The average molecular weight is 297 g/mol. The lowest BCUT2D eigenvalue weighted by atomic mass is 9.87. The summed E-state index contributed by atoms with van der Waals surface area (Å²) in [5, 5.41) is 3.91. The first-order valence-corrected chi connectivity index (χ1v) is 9.81. The molecule has 1 saturated carbocycles. The molecule has 1 aliphatic carbocycles. The van der Waals surface area contributed by atoms with Crippen molar-refractivity contribution in [2.45, 2.75) is 58.0 Å². The van der Waals surface area contributed by atoms with Gasteiger partial charge in [0.2, 0.25) is 0 Å². The van der Waals surface area contributed by atoms with Crippen molar-refractivity contribution in [2.75, 3.05) is 31.1 Å². The average Bonchev–Trinajstić information content (AvgIpc) is 3.24. The Labute approximate surface area is 129 Å². The monoisotopic (exact) mass is 296 g/mol. The van der Waals surface area contributed by atoms with E-state index in [0.717, 1.165) is 23.8 Å². The number of hydrogen-bond acceptors (Lipinski definition) is 3. The SMILES string of the molecule is CC(C)C1CNC(C)(C2CC2)CN1CC1CCSCC1. The lowest BCUT2D eigenvalue weighted by Crippen LogP contribution is -2.65. The molecule has 2 aliphatic heterocycles. The van der Waals surface area contributed by atoms with E-state index < -0.39 is 0 Å². The van der Waals surface area contributed by atoms with Crippen molar-refractivity contribution in [1.29, 1.82) is 0 Å². The molecular weight excluding hydrogens is 264 g/mol. The fourth-order valence-electron chi connectivity index (χ4n) is 4.17. The zero-order chi connectivity index (χ0) is 14.2. The van der Waals surface area contributed by atoms with Gasteiger partial charge in [-0.1, -0.05) is 13.8 Å². The molecule has 3 aliphatic rings. The van der Waals surface area contributed by atoms with Crippen LogP contribution in [0.3, 0.4) is 0 Å². The number of nitrogens with one attached hydrogen (secondary N) is 1. The van der Waals surface area contributed by atoms with Crippen molar-refractivity contribution in [3.05, 3.63) is 0 Å². The minimum absolute atomic E-state index is 0.398. The molecule has 20 heavy (non-hydrogen) atoms. The van der Waals surface area contributed by atoms with Crippen molar-refractivity contribution in [1.82, 2.24) is 10.2 Å². The molecule has 2 atom stereocenters. The van der Waals surface area contributed by atoms with Crippen molar-refractivity contribution in [3.63, 3.8) is 0 Å². The van der Waals surface area contributed by atoms with Crippen LogP contribution in [0.5, 0.6) is 0 Å². The molecule has 0 aromatic rings. The fourth-order valence-corrected chi connectivity index (χ4v) is 5.38. The van der Waals surface area contributed by atoms with Crippen LogP contribution in [-0.4, -0.2) is 47.6 Å². The summed E-state index contributed by atoms with van der Waals surface area (Å²) < 4.78 is 0. The molecule has 3 heteroatoms. The summed E-state index contributed by atoms with van der Waals surface area (Å²) in [6, 6.07) is 0.747. The van der Waals surface area contributed by atoms with Crippen molar-refractivity contribution in [2.24, 2.45) is 17.8 Å². The van der Waals surface area contributed by atoms with E-state index in [1.54, 1.807) is 0 Å². The molecule has 0 radical (unpaired) electrons. The first kappa shape index (κ1) is 15.2. The van der Waals surface area contributed by atoms with Gasteiger partial charge in [0.1, 0.15) is 0 Å². The van der Waals surface area contributed by atoms with Crippen molar-refractivity contribution in [3.8, 4) is 0 Å². The van der Waals surface area contributed by atoms with E-state index in [4.69, 9.17) is 0 Å². The Morgan fingerprint density at radius 1 is 1.20 bits per heavy atom. The largest absolute Gasteiger partial charge is 0.308 e. The van der Waals surface area contributed by atoms with Crippen LogP contribution in [0.25, 0.3) is 0 Å². The van der Waals surface area contributed by atoms with Gasteiger partial charge in [-0.2, -0.15) is 11.8 Å². The van der Waals surface area contributed by atoms with E-state index >= 15 is 0 Å². The highest BCUT2D eigenvalue weighted by Gasteiger charge is 2.46. The molecule has 0 amide bonds. The quantitative estimate of drug-likeness (QED) is 0.857. The maximum atomic E-state index is 3.91. The van der Waals surface area contributed by atoms with Crippen LogP contribution < -0.4 is 5.32 Å². The third-order valence-corrected chi connectivity index (χ3v) is 6.85. The number of thioether (sulfide) groups is 1. The van der Waals surface area contributed by atoms with E-state index in [-0.39, 0.29) is 0 Å². The van der Waals surface area contributed by atoms with E-state index in [2.05, 4.69) is 42.7 Å². The Morgan fingerprint density at radius 3 is 2.50 bits per heavy atom. The van der Waals surface area contributed by atoms with Gasteiger partial charge in [-0.25, -0.2) is 0 Å². The third-order valence-electron chi connectivity index (χ3n) is 5.80. The molecular formula is C17H32N2S. The standard InChI is InChI=1S/C17H32N2S/c1-13(2)16-10-18-17(3,15-4-5-15)12-19(16)11-14-6-8-20-9-7-14/h13-16,18H,4-12H2,1-3H3. The maximum absolute atomic E-state index is 3.91. The summed E-state index contributed by atoms with van der Waals surface area (Å²) >= 11 is 2.15. The molecule has 0 aromatic carbocycles. The van der Waals surface area contributed by atoms with Crippen LogP contribution in [0.4, 0.5) is 0 Å². The van der Waals surface area contributed by atoms with Gasteiger partial charge in [0.15, 0.2) is 0 Å². The molecule has 2 unspecified atom stereocenters. The van der Waals surface area contributed by atoms with Crippen molar-refractivity contribution >= 4 is 11.8 Å². The highest BCUT2D eigenvalue weighted by molar-refractivity contribution is 7.99. The second kappa shape index (κ2) is 6.18. The molecule has 0 spiro atoms. The van der Waals surface area contributed by atoms with E-state index in [1.165, 1.54) is 56.8 Å². The minimum atomic E-state index is 0.398. The summed E-state index contributed by atoms with van der Waals surface area (Å²) in [7, 11) is 0. The van der Waals surface area contributed by atoms with Crippen LogP contribution in [0.1, 0.15) is 46.5 Å². The van der Waals surface area contributed by atoms with Crippen molar-refractivity contribution < 1.29 is 0 Å². The highest BCUT2D eigenvalue weighted by Crippen LogP contribution is 2.42. The molecule has 3 fully saturated rings. The molecule has 1 N–H and O–H groups in total. The van der Waals surface area contributed by atoms with Crippen LogP contribution in [0.15, 0.2) is 0 Å². The Morgan fingerprint density at radius 2 is 1.90 bits per heavy atom. The van der Waals surface area contributed by atoms with Gasteiger partial charge in [0, 0.05) is 31.2 Å². The second-order valence-electron chi connectivity index (χ2n) is 7.87. The zero-order valence-electron chi connectivity index (χ0n) is 13.5. The summed E-state index contributed by atoms with van der Waals surface area (Å²) in [6.45, 7) is 11.1. The Kier molecular flexibility index (Phi) is 4.69. The lowest BCUT2D eigenvalue weighted by molar-refractivity contribution is 0.0389. The smallest absolute Gasteiger partial charge is 0.0309 e. The van der Waals surface area contributed by atoms with Gasteiger partial charge < -0.3 is 5.32 Å². The molecule has 2 heterocycles. The topological polar surface area (TPSA) is 15.3 Å². The predicted octanol–water partition coefficient (Wildman–Crippen LogP) is 3.23. The Balaban J connectivity index is 1.65. The molecule has 116 valence electrons. The number of rotatable bonds is 4. The summed E-state index contributed by atoms with van der Waals surface area (Å²) in [4.78, 5) is 2.86. The number of nitrogens with zero attached hydrogens (tertiary/aromatic N) is 1. The first-order valence-electron chi connectivity index (χ1n) is 8.65. The zero-order valence-corrected chi connectivity index (χ0v) is 14.3.